The van der Waals surface area contributed by atoms with Gasteiger partial charge in [0.2, 0.25) is 0 Å². The van der Waals surface area contributed by atoms with Gasteiger partial charge in [0.05, 0.1) is 19.7 Å². The highest BCUT2D eigenvalue weighted by Gasteiger charge is 1.94. The van der Waals surface area contributed by atoms with Crippen LogP contribution in [0.5, 0.6) is 0 Å². The van der Waals surface area contributed by atoms with Crippen molar-refractivity contribution in [2.45, 2.75) is 6.42 Å². The average molecular weight is 180 g/mol. The minimum absolute atomic E-state index is 0.236. The molecule has 4 nitrogen and oxygen atoms in total. The fourth-order valence-electron chi connectivity index (χ4n) is 0.901. The Hall–Kier alpha value is -1.58. The predicted molar refractivity (Wildman–Crippen MR) is 48.9 cm³/mol. The second-order valence-corrected chi connectivity index (χ2v) is 2.63. The number of rotatable bonds is 3. The second kappa shape index (κ2) is 4.45. The molecular weight excluding hydrogens is 168 g/mol. The van der Waals surface area contributed by atoms with E-state index in [-0.39, 0.29) is 5.97 Å². The maximum atomic E-state index is 10.7. The molecule has 0 fully saturated rings. The first-order valence-electron chi connectivity index (χ1n) is 3.94. The van der Waals surface area contributed by atoms with Crippen LogP contribution in [0.15, 0.2) is 18.5 Å². The molecule has 0 radical (unpaired) electrons. The summed E-state index contributed by atoms with van der Waals surface area (Å²) in [6.07, 6.45) is 7.49. The molecule has 1 heterocycles. The van der Waals surface area contributed by atoms with E-state index in [9.17, 15) is 4.79 Å². The van der Waals surface area contributed by atoms with E-state index < -0.39 is 0 Å². The van der Waals surface area contributed by atoms with Crippen molar-refractivity contribution >= 4 is 12.0 Å². The van der Waals surface area contributed by atoms with Crippen LogP contribution in [-0.2, 0) is 16.6 Å². The van der Waals surface area contributed by atoms with Crippen LogP contribution < -0.4 is 0 Å². The van der Waals surface area contributed by atoms with Gasteiger partial charge in [-0.15, -0.1) is 0 Å². The Kier molecular flexibility index (Phi) is 3.25. The van der Waals surface area contributed by atoms with E-state index in [1.54, 1.807) is 17.0 Å². The number of methoxy groups -OCH3 is 1. The van der Waals surface area contributed by atoms with Gasteiger partial charge in [-0.1, -0.05) is 12.2 Å². The standard InChI is InChI=1S/C9H12N2O2/c1-11-7-8(6-10-11)4-3-5-9(12)13-2/h3-4,6-7H,5H2,1-2H3. The molecule has 1 rings (SSSR count). The molecule has 0 aliphatic heterocycles. The highest BCUT2D eigenvalue weighted by molar-refractivity contribution is 5.72. The molecule has 1 aromatic rings. The first-order valence-corrected chi connectivity index (χ1v) is 3.94. The molecule has 70 valence electrons. The molecule has 0 spiro atoms. The summed E-state index contributed by atoms with van der Waals surface area (Å²) in [7, 11) is 3.22. The summed E-state index contributed by atoms with van der Waals surface area (Å²) in [5.74, 6) is -0.236. The van der Waals surface area contributed by atoms with Crippen LogP contribution >= 0.6 is 0 Å². The smallest absolute Gasteiger partial charge is 0.309 e. The number of carbonyl (C=O) groups excluding carboxylic acids is 1. The number of carbonyl (C=O) groups is 1. The first-order chi connectivity index (χ1) is 6.22. The third-order valence-corrected chi connectivity index (χ3v) is 1.55. The molecule has 0 atom stereocenters. The van der Waals surface area contributed by atoms with E-state index in [0.29, 0.717) is 6.42 Å². The summed E-state index contributed by atoms with van der Waals surface area (Å²) >= 11 is 0. The number of hydrogen-bond acceptors (Lipinski definition) is 3. The van der Waals surface area contributed by atoms with Crippen molar-refractivity contribution in [3.8, 4) is 0 Å². The summed E-state index contributed by atoms with van der Waals surface area (Å²) in [5.41, 5.74) is 0.978. The molecule has 0 aromatic carbocycles. The van der Waals surface area contributed by atoms with Crippen LogP contribution in [0.25, 0.3) is 6.08 Å². The van der Waals surface area contributed by atoms with E-state index >= 15 is 0 Å². The number of hydrogen-bond donors (Lipinski definition) is 0. The summed E-state index contributed by atoms with van der Waals surface area (Å²) in [4.78, 5) is 10.7. The van der Waals surface area contributed by atoms with Gasteiger partial charge >= 0.3 is 5.97 Å². The largest absolute Gasteiger partial charge is 0.469 e. The lowest BCUT2D eigenvalue weighted by atomic mass is 10.3. The quantitative estimate of drug-likeness (QED) is 0.652. The predicted octanol–water partition coefficient (Wildman–Crippen LogP) is 0.996. The average Bonchev–Trinajstić information content (AvgIpc) is 2.51. The zero-order chi connectivity index (χ0) is 9.68. The lowest BCUT2D eigenvalue weighted by Crippen LogP contribution is -1.96. The molecule has 0 bridgehead atoms. The van der Waals surface area contributed by atoms with Crippen LogP contribution in [0.2, 0.25) is 0 Å². The van der Waals surface area contributed by atoms with Crippen molar-refractivity contribution in [1.29, 1.82) is 0 Å². The molecule has 0 N–H and O–H groups in total. The maximum Gasteiger partial charge on any atom is 0.309 e. The van der Waals surface area contributed by atoms with Gasteiger partial charge in [-0.05, 0) is 0 Å². The van der Waals surface area contributed by atoms with Gasteiger partial charge in [0, 0.05) is 18.8 Å². The topological polar surface area (TPSA) is 44.1 Å². The Morgan fingerprint density at radius 1 is 1.77 bits per heavy atom. The number of ether oxygens (including phenoxy) is 1. The minimum Gasteiger partial charge on any atom is -0.469 e. The Balaban J connectivity index is 2.45. The fourth-order valence-corrected chi connectivity index (χ4v) is 0.901. The molecule has 0 saturated carbocycles. The van der Waals surface area contributed by atoms with Gasteiger partial charge in [-0.25, -0.2) is 0 Å². The van der Waals surface area contributed by atoms with Gasteiger partial charge in [-0.3, -0.25) is 9.48 Å². The Morgan fingerprint density at radius 2 is 2.54 bits per heavy atom. The zero-order valence-electron chi connectivity index (χ0n) is 7.73. The van der Waals surface area contributed by atoms with E-state index in [1.807, 2.05) is 19.3 Å². The van der Waals surface area contributed by atoms with Gasteiger partial charge in [0.1, 0.15) is 0 Å². The number of aryl methyl sites for hydroxylation is 1. The molecule has 13 heavy (non-hydrogen) atoms. The third-order valence-electron chi connectivity index (χ3n) is 1.55. The van der Waals surface area contributed by atoms with Crippen LogP contribution in [0.4, 0.5) is 0 Å². The summed E-state index contributed by atoms with van der Waals surface area (Å²) < 4.78 is 6.19. The normalized spacial score (nSPS) is 10.6. The molecule has 0 saturated heterocycles. The number of nitrogens with zero attached hydrogens (tertiary/aromatic N) is 2. The van der Waals surface area contributed by atoms with Crippen molar-refractivity contribution in [3.63, 3.8) is 0 Å². The van der Waals surface area contributed by atoms with Crippen LogP contribution in [-0.4, -0.2) is 22.9 Å². The van der Waals surface area contributed by atoms with Crippen LogP contribution in [0.3, 0.4) is 0 Å². The van der Waals surface area contributed by atoms with E-state index in [0.717, 1.165) is 5.56 Å². The highest BCUT2D eigenvalue weighted by Crippen LogP contribution is 2.00. The molecular formula is C9H12N2O2. The zero-order valence-corrected chi connectivity index (χ0v) is 7.73. The fraction of sp³-hybridized carbons (Fsp3) is 0.333. The van der Waals surface area contributed by atoms with Gasteiger partial charge < -0.3 is 4.74 Å². The van der Waals surface area contributed by atoms with Crippen molar-refractivity contribution in [3.05, 3.63) is 24.0 Å². The SMILES string of the molecule is COC(=O)CC=Cc1cnn(C)c1. The van der Waals surface area contributed by atoms with Crippen molar-refractivity contribution in [2.75, 3.05) is 7.11 Å². The van der Waals surface area contributed by atoms with E-state index in [1.165, 1.54) is 7.11 Å². The Morgan fingerprint density at radius 3 is 3.08 bits per heavy atom. The second-order valence-electron chi connectivity index (χ2n) is 2.63. The first kappa shape index (κ1) is 9.51. The molecule has 4 heteroatoms. The molecule has 0 aliphatic carbocycles. The van der Waals surface area contributed by atoms with Crippen molar-refractivity contribution in [1.82, 2.24) is 9.78 Å². The molecule has 1 aromatic heterocycles. The van der Waals surface area contributed by atoms with E-state index in [4.69, 9.17) is 0 Å². The monoisotopic (exact) mass is 180 g/mol. The van der Waals surface area contributed by atoms with Crippen LogP contribution in [0, 0.1) is 0 Å². The van der Waals surface area contributed by atoms with Crippen molar-refractivity contribution < 1.29 is 9.53 Å². The van der Waals surface area contributed by atoms with E-state index in [2.05, 4.69) is 9.84 Å². The summed E-state index contributed by atoms with van der Waals surface area (Å²) in [5, 5.41) is 3.98. The number of esters is 1. The minimum atomic E-state index is -0.236. The van der Waals surface area contributed by atoms with Crippen LogP contribution in [0.1, 0.15) is 12.0 Å². The summed E-state index contributed by atoms with van der Waals surface area (Å²) in [6.45, 7) is 0. The third kappa shape index (κ3) is 3.11. The van der Waals surface area contributed by atoms with Crippen molar-refractivity contribution in [2.24, 2.45) is 7.05 Å². The van der Waals surface area contributed by atoms with Gasteiger partial charge in [0.15, 0.2) is 0 Å². The lowest BCUT2D eigenvalue weighted by Gasteiger charge is -1.90. The maximum absolute atomic E-state index is 10.7. The molecule has 0 unspecified atom stereocenters. The summed E-state index contributed by atoms with van der Waals surface area (Å²) in [6, 6.07) is 0. The molecule has 0 aliphatic rings. The highest BCUT2D eigenvalue weighted by atomic mass is 16.5. The Bertz CT molecular complexity index is 315. The molecule has 0 amide bonds. The van der Waals surface area contributed by atoms with Gasteiger partial charge in [-0.2, -0.15) is 5.10 Å². The lowest BCUT2D eigenvalue weighted by molar-refractivity contribution is -0.139. The Labute approximate surface area is 76.8 Å². The number of aromatic nitrogens is 2. The van der Waals surface area contributed by atoms with Gasteiger partial charge in [0.25, 0.3) is 0 Å².